The Morgan fingerprint density at radius 2 is 2.00 bits per heavy atom. The summed E-state index contributed by atoms with van der Waals surface area (Å²) >= 11 is 0. The standard InChI is InChI=1S/C26H30F2N6O2/c1-3-33-7-6-22(24(35)14-33)31-18-9-19(25(28)29-12-18)16-11-30-34(13-16)23-10-20(21(27)8-15(23)2)26(36)32-17-4-5-17/h8-13,17,22,24,31,35H,3-7,14H2,1-2H3,(H,32,36)/t22-,24+/m0/s1. The zero-order chi connectivity index (χ0) is 25.4. The Hall–Kier alpha value is -3.37. The SMILES string of the molecule is CCN1CC[C@H](Nc2cnc(F)c(-c3cnn(-c4cc(C(=O)NC5CC5)c(F)cc4C)c3)c2)[C@H](O)C1. The van der Waals surface area contributed by atoms with Crippen LogP contribution in [0, 0.1) is 18.7 Å². The highest BCUT2D eigenvalue weighted by Crippen LogP contribution is 2.28. The average molecular weight is 497 g/mol. The van der Waals surface area contributed by atoms with E-state index in [-0.39, 0.29) is 23.2 Å². The third kappa shape index (κ3) is 5.10. The average Bonchev–Trinajstić information content (AvgIpc) is 3.53. The maximum absolute atomic E-state index is 14.7. The molecule has 2 fully saturated rings. The van der Waals surface area contributed by atoms with Gasteiger partial charge in [0.05, 0.1) is 41.5 Å². The van der Waals surface area contributed by atoms with Crippen molar-refractivity contribution in [1.82, 2.24) is 25.0 Å². The number of benzene rings is 1. The van der Waals surface area contributed by atoms with Crippen LogP contribution in [0.5, 0.6) is 0 Å². The van der Waals surface area contributed by atoms with Crippen LogP contribution in [0.3, 0.4) is 0 Å². The highest BCUT2D eigenvalue weighted by atomic mass is 19.1. The molecule has 190 valence electrons. The number of aliphatic hydroxyl groups excluding tert-OH is 1. The lowest BCUT2D eigenvalue weighted by Gasteiger charge is -2.36. The number of hydrogen-bond acceptors (Lipinski definition) is 6. The molecule has 1 aromatic carbocycles. The van der Waals surface area contributed by atoms with E-state index in [1.54, 1.807) is 19.2 Å². The normalized spacial score (nSPS) is 20.4. The Morgan fingerprint density at radius 1 is 1.19 bits per heavy atom. The number of aromatic nitrogens is 3. The van der Waals surface area contributed by atoms with Gasteiger partial charge in [-0.1, -0.05) is 6.92 Å². The highest BCUT2D eigenvalue weighted by Gasteiger charge is 2.28. The van der Waals surface area contributed by atoms with Crippen LogP contribution in [-0.2, 0) is 0 Å². The molecular weight excluding hydrogens is 466 g/mol. The molecule has 2 atom stereocenters. The first-order chi connectivity index (χ1) is 17.3. The largest absolute Gasteiger partial charge is 0.390 e. The van der Waals surface area contributed by atoms with Crippen molar-refractivity contribution in [1.29, 1.82) is 0 Å². The number of piperidine rings is 1. The molecule has 2 aromatic heterocycles. The van der Waals surface area contributed by atoms with Crippen molar-refractivity contribution < 1.29 is 18.7 Å². The Bertz CT molecular complexity index is 1280. The van der Waals surface area contributed by atoms with Crippen molar-refractivity contribution in [2.24, 2.45) is 0 Å². The van der Waals surface area contributed by atoms with Crippen molar-refractivity contribution in [3.05, 3.63) is 59.7 Å². The van der Waals surface area contributed by atoms with Gasteiger partial charge in [-0.25, -0.2) is 14.1 Å². The van der Waals surface area contributed by atoms with Crippen LogP contribution in [0.4, 0.5) is 14.5 Å². The van der Waals surface area contributed by atoms with Crippen LogP contribution in [-0.4, -0.2) is 68.5 Å². The monoisotopic (exact) mass is 496 g/mol. The molecule has 3 N–H and O–H groups in total. The van der Waals surface area contributed by atoms with Crippen LogP contribution in [0.1, 0.15) is 42.1 Å². The zero-order valence-electron chi connectivity index (χ0n) is 20.3. The molecule has 1 amide bonds. The minimum absolute atomic E-state index is 0.0497. The molecule has 10 heteroatoms. The number of hydrogen-bond donors (Lipinski definition) is 3. The second-order valence-electron chi connectivity index (χ2n) is 9.60. The number of aryl methyl sites for hydroxylation is 1. The molecule has 5 rings (SSSR count). The van der Waals surface area contributed by atoms with Crippen molar-refractivity contribution in [3.8, 4) is 16.8 Å². The minimum atomic E-state index is -0.651. The summed E-state index contributed by atoms with van der Waals surface area (Å²) in [7, 11) is 0. The van der Waals surface area contributed by atoms with E-state index in [0.29, 0.717) is 29.0 Å². The highest BCUT2D eigenvalue weighted by molar-refractivity contribution is 5.95. The minimum Gasteiger partial charge on any atom is -0.390 e. The van der Waals surface area contributed by atoms with E-state index in [1.807, 2.05) is 0 Å². The summed E-state index contributed by atoms with van der Waals surface area (Å²) in [6.07, 6.45) is 6.57. The predicted molar refractivity (Wildman–Crippen MR) is 132 cm³/mol. The van der Waals surface area contributed by atoms with Gasteiger partial charge < -0.3 is 20.6 Å². The van der Waals surface area contributed by atoms with E-state index in [1.165, 1.54) is 29.2 Å². The third-order valence-electron chi connectivity index (χ3n) is 6.89. The van der Waals surface area contributed by atoms with Crippen LogP contribution >= 0.6 is 0 Å². The molecule has 1 saturated heterocycles. The number of carbonyl (C=O) groups excluding carboxylic acids is 1. The molecule has 0 spiro atoms. The van der Waals surface area contributed by atoms with Gasteiger partial charge >= 0.3 is 0 Å². The molecule has 36 heavy (non-hydrogen) atoms. The van der Waals surface area contributed by atoms with Crippen LogP contribution in [0.2, 0.25) is 0 Å². The number of halogens is 2. The number of aliphatic hydroxyl groups is 1. The van der Waals surface area contributed by atoms with E-state index in [0.717, 1.165) is 32.4 Å². The molecule has 2 aliphatic rings. The smallest absolute Gasteiger partial charge is 0.254 e. The summed E-state index contributed by atoms with van der Waals surface area (Å²) in [6.45, 7) is 6.13. The van der Waals surface area contributed by atoms with Gasteiger partial charge in [0.1, 0.15) is 5.82 Å². The fourth-order valence-electron chi connectivity index (χ4n) is 4.56. The number of amides is 1. The van der Waals surface area contributed by atoms with Gasteiger partial charge in [-0.05, 0) is 56.5 Å². The van der Waals surface area contributed by atoms with Gasteiger partial charge in [0, 0.05) is 36.5 Å². The summed E-state index contributed by atoms with van der Waals surface area (Å²) < 4.78 is 30.7. The predicted octanol–water partition coefficient (Wildman–Crippen LogP) is 3.28. The molecule has 0 bridgehead atoms. The first-order valence-corrected chi connectivity index (χ1v) is 12.3. The molecule has 0 radical (unpaired) electrons. The van der Waals surface area contributed by atoms with Gasteiger partial charge in [0.25, 0.3) is 5.91 Å². The lowest BCUT2D eigenvalue weighted by molar-refractivity contribution is 0.0627. The van der Waals surface area contributed by atoms with Gasteiger partial charge in [0.2, 0.25) is 5.95 Å². The number of nitrogens with one attached hydrogen (secondary N) is 2. The van der Waals surface area contributed by atoms with E-state index in [9.17, 15) is 18.7 Å². The summed E-state index contributed by atoms with van der Waals surface area (Å²) in [5.74, 6) is -1.70. The summed E-state index contributed by atoms with van der Waals surface area (Å²) in [4.78, 5) is 18.6. The number of nitrogens with zero attached hydrogens (tertiary/aromatic N) is 4. The molecule has 3 heterocycles. The van der Waals surface area contributed by atoms with Gasteiger partial charge in [-0.2, -0.15) is 9.49 Å². The Balaban J connectivity index is 1.38. The second kappa shape index (κ2) is 9.94. The third-order valence-corrected chi connectivity index (χ3v) is 6.89. The van der Waals surface area contributed by atoms with Crippen molar-refractivity contribution in [2.45, 2.75) is 51.3 Å². The van der Waals surface area contributed by atoms with Crippen LogP contribution in [0.25, 0.3) is 16.8 Å². The Labute approximate surface area is 208 Å². The van der Waals surface area contributed by atoms with Gasteiger partial charge in [-0.15, -0.1) is 0 Å². The number of likely N-dealkylation sites (N-methyl/N-ethyl adjacent to an activating group) is 1. The summed E-state index contributed by atoms with van der Waals surface area (Å²) in [5.41, 5.74) is 2.40. The van der Waals surface area contributed by atoms with E-state index in [4.69, 9.17) is 0 Å². The van der Waals surface area contributed by atoms with Crippen LogP contribution in [0.15, 0.2) is 36.8 Å². The van der Waals surface area contributed by atoms with Crippen molar-refractivity contribution >= 4 is 11.6 Å². The number of carbonyl (C=O) groups is 1. The molecule has 1 aliphatic heterocycles. The Morgan fingerprint density at radius 3 is 2.72 bits per heavy atom. The van der Waals surface area contributed by atoms with Gasteiger partial charge in [-0.3, -0.25) is 4.79 Å². The zero-order valence-corrected chi connectivity index (χ0v) is 20.3. The lowest BCUT2D eigenvalue weighted by atomic mass is 10.0. The van der Waals surface area contributed by atoms with Gasteiger partial charge in [0.15, 0.2) is 0 Å². The van der Waals surface area contributed by atoms with E-state index >= 15 is 0 Å². The number of anilines is 1. The maximum Gasteiger partial charge on any atom is 0.254 e. The number of pyridine rings is 1. The fraction of sp³-hybridized carbons (Fsp3) is 0.423. The van der Waals surface area contributed by atoms with E-state index in [2.05, 4.69) is 32.5 Å². The molecule has 0 unspecified atom stereocenters. The fourth-order valence-corrected chi connectivity index (χ4v) is 4.56. The number of likely N-dealkylation sites (tertiary alicyclic amines) is 1. The molecule has 1 saturated carbocycles. The summed E-state index contributed by atoms with van der Waals surface area (Å²) in [5, 5.41) is 20.9. The number of rotatable bonds is 7. The molecule has 1 aliphatic carbocycles. The lowest BCUT2D eigenvalue weighted by Crippen LogP contribution is -2.49. The van der Waals surface area contributed by atoms with Crippen molar-refractivity contribution in [2.75, 3.05) is 25.0 Å². The summed E-state index contributed by atoms with van der Waals surface area (Å²) in [6, 6.07) is 4.37. The van der Waals surface area contributed by atoms with E-state index < -0.39 is 23.8 Å². The topological polar surface area (TPSA) is 95.3 Å². The molecule has 8 nitrogen and oxygen atoms in total. The first-order valence-electron chi connectivity index (χ1n) is 12.3. The molecule has 3 aromatic rings. The number of β-amino-alcohol motifs (C(OH)–C–C–N with tert-alkyl or cyclic N) is 1. The second-order valence-corrected chi connectivity index (χ2v) is 9.60. The van der Waals surface area contributed by atoms with Crippen LogP contribution < -0.4 is 10.6 Å². The quantitative estimate of drug-likeness (QED) is 0.435. The molecular formula is C26H30F2N6O2. The first kappa shape index (κ1) is 24.3. The van der Waals surface area contributed by atoms with Crippen molar-refractivity contribution in [3.63, 3.8) is 0 Å². The Kier molecular flexibility index (Phi) is 6.72. The maximum atomic E-state index is 14.7.